The maximum atomic E-state index is 12.7. The van der Waals surface area contributed by atoms with Crippen LogP contribution in [0.4, 0.5) is 11.4 Å². The number of halogens is 2. The van der Waals surface area contributed by atoms with Crippen LogP contribution in [0, 0.1) is 0 Å². The maximum Gasteiger partial charge on any atom is 0.261 e. The highest BCUT2D eigenvalue weighted by atomic mass is 35.5. The van der Waals surface area contributed by atoms with Gasteiger partial charge in [0, 0.05) is 6.54 Å². The molecule has 0 spiro atoms. The van der Waals surface area contributed by atoms with Crippen LogP contribution in [0.3, 0.4) is 0 Å². The largest absolute Gasteiger partial charge is 0.397 e. The van der Waals surface area contributed by atoms with Gasteiger partial charge in [0.1, 0.15) is 0 Å². The Hall–Kier alpha value is -1.71. The molecule has 2 rings (SSSR count). The van der Waals surface area contributed by atoms with Crippen molar-refractivity contribution < 1.29 is 4.79 Å². The smallest absolute Gasteiger partial charge is 0.261 e. The summed E-state index contributed by atoms with van der Waals surface area (Å²) in [5, 5.41) is 0.658. The average Bonchev–Trinajstić information content (AvgIpc) is 2.41. The van der Waals surface area contributed by atoms with Gasteiger partial charge in [-0.2, -0.15) is 0 Å². The lowest BCUT2D eigenvalue weighted by Gasteiger charge is -2.23. The first-order valence-electron chi connectivity index (χ1n) is 6.16. The molecule has 0 unspecified atom stereocenters. The molecular formula is C15H14Cl2N2O. The number of para-hydroxylation sites is 2. The van der Waals surface area contributed by atoms with Crippen molar-refractivity contribution in [1.29, 1.82) is 0 Å². The summed E-state index contributed by atoms with van der Waals surface area (Å²) in [6, 6.07) is 12.2. The third-order valence-corrected chi connectivity index (χ3v) is 3.60. The van der Waals surface area contributed by atoms with Crippen molar-refractivity contribution in [3.05, 3.63) is 58.1 Å². The van der Waals surface area contributed by atoms with Crippen LogP contribution in [0.2, 0.25) is 10.0 Å². The van der Waals surface area contributed by atoms with Gasteiger partial charge in [0.05, 0.1) is 27.0 Å². The molecule has 0 saturated carbocycles. The highest BCUT2D eigenvalue weighted by molar-refractivity contribution is 6.40. The number of benzene rings is 2. The summed E-state index contributed by atoms with van der Waals surface area (Å²) in [5.74, 6) is -0.263. The number of carbonyl (C=O) groups excluding carboxylic acids is 1. The minimum atomic E-state index is -0.263. The quantitative estimate of drug-likeness (QED) is 0.862. The first-order chi connectivity index (χ1) is 9.56. The number of rotatable bonds is 3. The van der Waals surface area contributed by atoms with Gasteiger partial charge in [-0.1, -0.05) is 41.4 Å². The summed E-state index contributed by atoms with van der Waals surface area (Å²) < 4.78 is 0. The molecule has 0 radical (unpaired) electrons. The Morgan fingerprint density at radius 3 is 2.25 bits per heavy atom. The summed E-state index contributed by atoms with van der Waals surface area (Å²) in [5.41, 5.74) is 7.40. The van der Waals surface area contributed by atoms with Gasteiger partial charge in [-0.3, -0.25) is 4.79 Å². The lowest BCUT2D eigenvalue weighted by molar-refractivity contribution is 0.0988. The fourth-order valence-corrected chi connectivity index (χ4v) is 2.55. The SMILES string of the molecule is CCN(C(=O)c1c(Cl)cccc1Cl)c1ccccc1N. The van der Waals surface area contributed by atoms with Crippen molar-refractivity contribution in [2.75, 3.05) is 17.2 Å². The minimum Gasteiger partial charge on any atom is -0.397 e. The first-order valence-corrected chi connectivity index (χ1v) is 6.92. The van der Waals surface area contributed by atoms with Crippen molar-refractivity contribution in [3.8, 4) is 0 Å². The molecule has 1 amide bonds. The van der Waals surface area contributed by atoms with Gasteiger partial charge >= 0.3 is 0 Å². The van der Waals surface area contributed by atoms with E-state index in [4.69, 9.17) is 28.9 Å². The van der Waals surface area contributed by atoms with Crippen LogP contribution >= 0.6 is 23.2 Å². The average molecular weight is 309 g/mol. The monoisotopic (exact) mass is 308 g/mol. The Morgan fingerprint density at radius 1 is 1.10 bits per heavy atom. The zero-order valence-corrected chi connectivity index (χ0v) is 12.4. The number of nitrogen functional groups attached to an aromatic ring is 1. The van der Waals surface area contributed by atoms with Gasteiger partial charge in [0.25, 0.3) is 5.91 Å². The van der Waals surface area contributed by atoms with Crippen molar-refractivity contribution in [1.82, 2.24) is 0 Å². The van der Waals surface area contributed by atoms with Crippen molar-refractivity contribution in [2.24, 2.45) is 0 Å². The zero-order valence-electron chi connectivity index (χ0n) is 10.9. The van der Waals surface area contributed by atoms with Gasteiger partial charge in [0.2, 0.25) is 0 Å². The van der Waals surface area contributed by atoms with E-state index < -0.39 is 0 Å². The van der Waals surface area contributed by atoms with Gasteiger partial charge in [-0.25, -0.2) is 0 Å². The summed E-state index contributed by atoms with van der Waals surface area (Å²) >= 11 is 12.2. The number of nitrogens with two attached hydrogens (primary N) is 1. The molecule has 0 aliphatic heterocycles. The van der Waals surface area contributed by atoms with Crippen LogP contribution in [0.5, 0.6) is 0 Å². The van der Waals surface area contributed by atoms with E-state index in [2.05, 4.69) is 0 Å². The number of hydrogen-bond donors (Lipinski definition) is 1. The standard InChI is InChI=1S/C15H14Cl2N2O/c1-2-19(13-9-4-3-8-12(13)18)15(20)14-10(16)6-5-7-11(14)17/h3-9H,2,18H2,1H3. The minimum absolute atomic E-state index is 0.263. The lowest BCUT2D eigenvalue weighted by Crippen LogP contribution is -2.31. The van der Waals surface area contributed by atoms with Gasteiger partial charge in [-0.05, 0) is 31.2 Å². The lowest BCUT2D eigenvalue weighted by atomic mass is 10.1. The van der Waals surface area contributed by atoms with E-state index in [0.717, 1.165) is 0 Å². The molecule has 2 N–H and O–H groups in total. The molecule has 2 aromatic rings. The molecule has 0 saturated heterocycles. The maximum absolute atomic E-state index is 12.7. The second kappa shape index (κ2) is 6.16. The Labute approximate surface area is 127 Å². The fraction of sp³-hybridized carbons (Fsp3) is 0.133. The van der Waals surface area contributed by atoms with E-state index in [1.807, 2.05) is 19.1 Å². The van der Waals surface area contributed by atoms with Crippen LogP contribution in [0.25, 0.3) is 0 Å². The number of hydrogen-bond acceptors (Lipinski definition) is 2. The Bertz CT molecular complexity index is 623. The number of carbonyl (C=O) groups is 1. The Morgan fingerprint density at radius 2 is 1.70 bits per heavy atom. The molecule has 104 valence electrons. The Balaban J connectivity index is 2.48. The van der Waals surface area contributed by atoms with Crippen molar-refractivity contribution in [3.63, 3.8) is 0 Å². The molecule has 0 heterocycles. The second-order valence-electron chi connectivity index (χ2n) is 4.20. The molecule has 2 aromatic carbocycles. The van der Waals surface area contributed by atoms with Crippen LogP contribution in [-0.2, 0) is 0 Å². The molecule has 0 aromatic heterocycles. The van der Waals surface area contributed by atoms with Gasteiger partial charge < -0.3 is 10.6 Å². The molecule has 0 fully saturated rings. The molecule has 5 heteroatoms. The summed E-state index contributed by atoms with van der Waals surface area (Å²) in [6.45, 7) is 2.34. The molecule has 3 nitrogen and oxygen atoms in total. The number of amides is 1. The third-order valence-electron chi connectivity index (χ3n) is 2.97. The molecular weight excluding hydrogens is 295 g/mol. The second-order valence-corrected chi connectivity index (χ2v) is 5.02. The molecule has 0 aliphatic rings. The number of nitrogens with zero attached hydrogens (tertiary/aromatic N) is 1. The van der Waals surface area contributed by atoms with E-state index in [1.165, 1.54) is 0 Å². The topological polar surface area (TPSA) is 46.3 Å². The Kier molecular flexibility index (Phi) is 4.53. The van der Waals surface area contributed by atoms with Gasteiger partial charge in [-0.15, -0.1) is 0 Å². The molecule has 0 aliphatic carbocycles. The predicted molar refractivity (Wildman–Crippen MR) is 84.7 cm³/mol. The van der Waals surface area contributed by atoms with E-state index in [1.54, 1.807) is 35.2 Å². The van der Waals surface area contributed by atoms with Crippen LogP contribution in [0.1, 0.15) is 17.3 Å². The zero-order chi connectivity index (χ0) is 14.7. The molecule has 20 heavy (non-hydrogen) atoms. The highest BCUT2D eigenvalue weighted by Gasteiger charge is 2.22. The molecule has 0 atom stereocenters. The highest BCUT2D eigenvalue weighted by Crippen LogP contribution is 2.29. The van der Waals surface area contributed by atoms with E-state index in [-0.39, 0.29) is 5.91 Å². The van der Waals surface area contributed by atoms with E-state index in [0.29, 0.717) is 33.5 Å². The normalized spacial score (nSPS) is 10.3. The van der Waals surface area contributed by atoms with Crippen molar-refractivity contribution >= 4 is 40.5 Å². The van der Waals surface area contributed by atoms with E-state index in [9.17, 15) is 4.79 Å². The predicted octanol–water partition coefficient (Wildman–Crippen LogP) is 4.24. The van der Waals surface area contributed by atoms with E-state index >= 15 is 0 Å². The van der Waals surface area contributed by atoms with Gasteiger partial charge in [0.15, 0.2) is 0 Å². The van der Waals surface area contributed by atoms with Crippen LogP contribution in [0.15, 0.2) is 42.5 Å². The first kappa shape index (κ1) is 14.7. The summed E-state index contributed by atoms with van der Waals surface area (Å²) in [6.07, 6.45) is 0. The third kappa shape index (κ3) is 2.74. The van der Waals surface area contributed by atoms with Crippen LogP contribution in [-0.4, -0.2) is 12.5 Å². The summed E-state index contributed by atoms with van der Waals surface area (Å²) in [4.78, 5) is 14.2. The van der Waals surface area contributed by atoms with Crippen LogP contribution < -0.4 is 10.6 Å². The number of anilines is 2. The molecule has 0 bridgehead atoms. The van der Waals surface area contributed by atoms with Crippen molar-refractivity contribution in [2.45, 2.75) is 6.92 Å². The fourth-order valence-electron chi connectivity index (χ4n) is 1.99. The summed E-state index contributed by atoms with van der Waals surface area (Å²) in [7, 11) is 0.